The van der Waals surface area contributed by atoms with Crippen LogP contribution in [0.5, 0.6) is 0 Å². The molecule has 2 aromatic rings. The first-order valence-corrected chi connectivity index (χ1v) is 7.93. The van der Waals surface area contributed by atoms with Gasteiger partial charge in [-0.3, -0.25) is 19.3 Å². The fourth-order valence-corrected chi connectivity index (χ4v) is 3.48. The van der Waals surface area contributed by atoms with Gasteiger partial charge in [0.2, 0.25) is 0 Å². The second-order valence-corrected chi connectivity index (χ2v) is 6.04. The summed E-state index contributed by atoms with van der Waals surface area (Å²) in [5, 5.41) is 0. The van der Waals surface area contributed by atoms with E-state index in [2.05, 4.69) is 0 Å². The van der Waals surface area contributed by atoms with Crippen molar-refractivity contribution >= 4 is 17.6 Å². The van der Waals surface area contributed by atoms with Crippen molar-refractivity contribution in [3.63, 3.8) is 0 Å². The van der Waals surface area contributed by atoms with Crippen molar-refractivity contribution in [1.82, 2.24) is 4.90 Å². The molecule has 1 heterocycles. The Morgan fingerprint density at radius 3 is 2.33 bits per heavy atom. The van der Waals surface area contributed by atoms with Gasteiger partial charge >= 0.3 is 0 Å². The minimum atomic E-state index is -0.262. The number of benzene rings is 2. The van der Waals surface area contributed by atoms with Crippen molar-refractivity contribution in [3.05, 3.63) is 82.9 Å². The predicted octanol–water partition coefficient (Wildman–Crippen LogP) is 2.83. The normalized spacial score (nSPS) is 19.0. The van der Waals surface area contributed by atoms with E-state index in [1.54, 1.807) is 18.2 Å². The van der Waals surface area contributed by atoms with Crippen LogP contribution in [0.1, 0.15) is 39.5 Å². The zero-order valence-corrected chi connectivity index (χ0v) is 12.9. The molecule has 0 unspecified atom stereocenters. The number of carbonyl (C=O) groups excluding carboxylic acids is 3. The summed E-state index contributed by atoms with van der Waals surface area (Å²) in [6.45, 7) is 0. The molecular formula is C20H15NO3. The molecule has 2 amide bonds. The number of carbonyl (C=O) groups is 3. The molecule has 2 aromatic carbocycles. The van der Waals surface area contributed by atoms with E-state index < -0.39 is 0 Å². The lowest BCUT2D eigenvalue weighted by Crippen LogP contribution is -2.33. The number of hydrogen-bond donors (Lipinski definition) is 0. The van der Waals surface area contributed by atoms with E-state index in [0.717, 1.165) is 17.5 Å². The van der Waals surface area contributed by atoms with E-state index in [1.165, 1.54) is 17.1 Å². The standard InChI is InChI=1S/C20H15NO3/c22-18-10-11-19(23)21(18)17-9-7-14-12-15(6-8-16(14)17)20(24)13-4-2-1-3-5-13/h1-6,8,10-12,17H,7,9H2/t17-/m0/s1. The molecule has 0 spiro atoms. The maximum Gasteiger partial charge on any atom is 0.254 e. The van der Waals surface area contributed by atoms with Crippen molar-refractivity contribution in [2.45, 2.75) is 18.9 Å². The number of imide groups is 1. The third-order valence-corrected chi connectivity index (χ3v) is 4.64. The van der Waals surface area contributed by atoms with Crippen molar-refractivity contribution in [3.8, 4) is 0 Å². The average Bonchev–Trinajstić information content (AvgIpc) is 3.17. The lowest BCUT2D eigenvalue weighted by atomic mass is 9.98. The Morgan fingerprint density at radius 2 is 1.62 bits per heavy atom. The molecule has 0 saturated heterocycles. The molecule has 1 atom stereocenters. The Labute approximate surface area is 139 Å². The van der Waals surface area contributed by atoms with Crippen LogP contribution < -0.4 is 0 Å². The summed E-state index contributed by atoms with van der Waals surface area (Å²) < 4.78 is 0. The van der Waals surface area contributed by atoms with E-state index >= 15 is 0 Å². The lowest BCUT2D eigenvalue weighted by molar-refractivity contribution is -0.139. The van der Waals surface area contributed by atoms with Gasteiger partial charge < -0.3 is 0 Å². The predicted molar refractivity (Wildman–Crippen MR) is 88.4 cm³/mol. The van der Waals surface area contributed by atoms with Crippen LogP contribution in [0.3, 0.4) is 0 Å². The Hall–Kier alpha value is -3.01. The van der Waals surface area contributed by atoms with Crippen molar-refractivity contribution in [2.75, 3.05) is 0 Å². The first-order chi connectivity index (χ1) is 11.6. The molecule has 0 fully saturated rings. The smallest absolute Gasteiger partial charge is 0.254 e. The summed E-state index contributed by atoms with van der Waals surface area (Å²) in [5.74, 6) is -0.540. The molecule has 1 aliphatic carbocycles. The Balaban J connectivity index is 1.65. The van der Waals surface area contributed by atoms with Crippen molar-refractivity contribution in [2.24, 2.45) is 0 Å². The van der Waals surface area contributed by atoms with E-state index in [-0.39, 0.29) is 23.6 Å². The van der Waals surface area contributed by atoms with Gasteiger partial charge in [-0.1, -0.05) is 42.5 Å². The summed E-state index contributed by atoms with van der Waals surface area (Å²) in [6, 6.07) is 14.5. The van der Waals surface area contributed by atoms with Gasteiger partial charge in [0.05, 0.1) is 6.04 Å². The van der Waals surface area contributed by atoms with Crippen LogP contribution in [0, 0.1) is 0 Å². The van der Waals surface area contributed by atoms with Crippen LogP contribution >= 0.6 is 0 Å². The number of hydrogen-bond acceptors (Lipinski definition) is 3. The SMILES string of the molecule is O=C(c1ccccc1)c1ccc2c(c1)CC[C@@H]2N1C(=O)C=CC1=O. The van der Waals surface area contributed by atoms with Crippen LogP contribution in [-0.2, 0) is 16.0 Å². The van der Waals surface area contributed by atoms with Gasteiger partial charge in [0.1, 0.15) is 0 Å². The third-order valence-electron chi connectivity index (χ3n) is 4.64. The fourth-order valence-electron chi connectivity index (χ4n) is 3.48. The van der Waals surface area contributed by atoms with E-state index in [9.17, 15) is 14.4 Å². The summed E-state index contributed by atoms with van der Waals surface area (Å²) in [7, 11) is 0. The minimum Gasteiger partial charge on any atom is -0.289 e. The zero-order chi connectivity index (χ0) is 16.7. The van der Waals surface area contributed by atoms with Crippen LogP contribution in [0.4, 0.5) is 0 Å². The van der Waals surface area contributed by atoms with Gasteiger partial charge in [0.25, 0.3) is 11.8 Å². The minimum absolute atomic E-state index is 0.0168. The molecule has 0 bridgehead atoms. The molecule has 0 saturated carbocycles. The largest absolute Gasteiger partial charge is 0.289 e. The Kier molecular flexibility index (Phi) is 3.38. The lowest BCUT2D eigenvalue weighted by Gasteiger charge is -2.22. The zero-order valence-electron chi connectivity index (χ0n) is 12.9. The van der Waals surface area contributed by atoms with E-state index in [1.807, 2.05) is 30.3 Å². The maximum atomic E-state index is 12.6. The topological polar surface area (TPSA) is 54.5 Å². The molecular weight excluding hydrogens is 302 g/mol. The maximum absolute atomic E-state index is 12.6. The van der Waals surface area contributed by atoms with E-state index in [0.29, 0.717) is 17.5 Å². The van der Waals surface area contributed by atoms with E-state index in [4.69, 9.17) is 0 Å². The van der Waals surface area contributed by atoms with Gasteiger partial charge in [0, 0.05) is 23.3 Å². The van der Waals surface area contributed by atoms with Crippen molar-refractivity contribution in [1.29, 1.82) is 0 Å². The monoisotopic (exact) mass is 317 g/mol. The molecule has 2 aliphatic rings. The number of rotatable bonds is 3. The fraction of sp³-hybridized carbons (Fsp3) is 0.150. The van der Waals surface area contributed by atoms with Crippen molar-refractivity contribution < 1.29 is 14.4 Å². The van der Waals surface area contributed by atoms with Gasteiger partial charge in [-0.25, -0.2) is 0 Å². The highest BCUT2D eigenvalue weighted by atomic mass is 16.2. The molecule has 1 aliphatic heterocycles. The molecule has 0 radical (unpaired) electrons. The quantitative estimate of drug-likeness (QED) is 0.646. The number of fused-ring (bicyclic) bond motifs is 1. The molecule has 0 N–H and O–H groups in total. The molecule has 4 rings (SSSR count). The molecule has 118 valence electrons. The molecule has 24 heavy (non-hydrogen) atoms. The average molecular weight is 317 g/mol. The summed E-state index contributed by atoms with van der Waals surface area (Å²) in [5.41, 5.74) is 3.29. The highest BCUT2D eigenvalue weighted by Crippen LogP contribution is 2.37. The van der Waals surface area contributed by atoms with Gasteiger partial charge in [-0.15, -0.1) is 0 Å². The molecule has 0 aromatic heterocycles. The first kappa shape index (κ1) is 14.6. The van der Waals surface area contributed by atoms with Crippen LogP contribution in [0.2, 0.25) is 0 Å². The highest BCUT2D eigenvalue weighted by Gasteiger charge is 2.36. The summed E-state index contributed by atoms with van der Waals surface area (Å²) in [6.07, 6.45) is 4.09. The second-order valence-electron chi connectivity index (χ2n) is 6.04. The number of ketones is 1. The van der Waals surface area contributed by atoms with Gasteiger partial charge in [-0.2, -0.15) is 0 Å². The van der Waals surface area contributed by atoms with Gasteiger partial charge in [0.15, 0.2) is 5.78 Å². The summed E-state index contributed by atoms with van der Waals surface area (Å²) >= 11 is 0. The first-order valence-electron chi connectivity index (χ1n) is 7.93. The van der Waals surface area contributed by atoms with Crippen LogP contribution in [0.15, 0.2) is 60.7 Å². The molecule has 4 heteroatoms. The Bertz CT molecular complexity index is 865. The number of amides is 2. The summed E-state index contributed by atoms with van der Waals surface area (Å²) in [4.78, 5) is 37.7. The highest BCUT2D eigenvalue weighted by molar-refractivity contribution is 6.13. The third kappa shape index (κ3) is 2.27. The van der Waals surface area contributed by atoms with Crippen LogP contribution in [-0.4, -0.2) is 22.5 Å². The Morgan fingerprint density at radius 1 is 0.917 bits per heavy atom. The van der Waals surface area contributed by atoms with Crippen LogP contribution in [0.25, 0.3) is 0 Å². The number of nitrogens with zero attached hydrogens (tertiary/aromatic N) is 1. The molecule has 4 nitrogen and oxygen atoms in total. The van der Waals surface area contributed by atoms with Gasteiger partial charge in [-0.05, 0) is 30.0 Å². The second kappa shape index (κ2) is 5.57. The number of aryl methyl sites for hydroxylation is 1.